The van der Waals surface area contributed by atoms with Crippen molar-refractivity contribution in [1.29, 1.82) is 0 Å². The van der Waals surface area contributed by atoms with Gasteiger partial charge in [0.15, 0.2) is 0 Å². The molecule has 0 radical (unpaired) electrons. The van der Waals surface area contributed by atoms with Crippen molar-refractivity contribution in [2.75, 3.05) is 23.3 Å². The van der Waals surface area contributed by atoms with Gasteiger partial charge in [-0.15, -0.1) is 0 Å². The Morgan fingerprint density at radius 1 is 0.968 bits per heavy atom. The molecule has 2 aromatic rings. The molecular weight excluding hydrogens is 386 g/mol. The maximum Gasteiger partial charge on any atom is 0.253 e. The topological polar surface area (TPSA) is 61.4 Å². The molecule has 2 amide bonds. The average molecular weight is 422 g/mol. The van der Waals surface area contributed by atoms with Crippen molar-refractivity contribution in [1.82, 2.24) is 5.32 Å². The molecule has 0 unspecified atom stereocenters. The van der Waals surface area contributed by atoms with Gasteiger partial charge < -0.3 is 15.5 Å². The summed E-state index contributed by atoms with van der Waals surface area (Å²) in [6.07, 6.45) is 5.09. The average Bonchev–Trinajstić information content (AvgIpc) is 2.80. The van der Waals surface area contributed by atoms with Gasteiger partial charge >= 0.3 is 0 Å². The maximum atomic E-state index is 13.1. The third-order valence-corrected chi connectivity index (χ3v) is 6.12. The van der Waals surface area contributed by atoms with Crippen LogP contribution in [0.1, 0.15) is 74.7 Å². The summed E-state index contributed by atoms with van der Waals surface area (Å²) in [5.74, 6) is -0.353. The minimum Gasteiger partial charge on any atom is -0.371 e. The van der Waals surface area contributed by atoms with Gasteiger partial charge in [-0.3, -0.25) is 9.59 Å². The van der Waals surface area contributed by atoms with Crippen molar-refractivity contribution >= 4 is 23.2 Å². The molecule has 1 saturated heterocycles. The van der Waals surface area contributed by atoms with Crippen LogP contribution in [0.5, 0.6) is 0 Å². The molecule has 1 fully saturated rings. The Labute approximate surface area is 186 Å². The fourth-order valence-electron chi connectivity index (χ4n) is 4.10. The summed E-state index contributed by atoms with van der Waals surface area (Å²) in [6, 6.07) is 15.7. The SMILES string of the molecule is CC[C@H](C(=O)Nc1ccc(N2CCCCC2)c(C(=O)N[C@@H](C)CC)c1)c1ccccc1. The smallest absolute Gasteiger partial charge is 0.253 e. The number of nitrogens with one attached hydrogen (secondary N) is 2. The molecule has 0 aromatic heterocycles. The first-order valence-corrected chi connectivity index (χ1v) is 11.6. The van der Waals surface area contributed by atoms with Crippen LogP contribution in [0.4, 0.5) is 11.4 Å². The van der Waals surface area contributed by atoms with Crippen LogP contribution >= 0.6 is 0 Å². The second-order valence-corrected chi connectivity index (χ2v) is 8.42. The van der Waals surface area contributed by atoms with E-state index in [0.29, 0.717) is 17.7 Å². The molecule has 0 saturated carbocycles. The van der Waals surface area contributed by atoms with E-state index in [0.717, 1.165) is 43.6 Å². The van der Waals surface area contributed by atoms with Gasteiger partial charge in [-0.05, 0) is 62.8 Å². The monoisotopic (exact) mass is 421 g/mol. The minimum absolute atomic E-state index is 0.0484. The summed E-state index contributed by atoms with van der Waals surface area (Å²) in [7, 11) is 0. The zero-order valence-corrected chi connectivity index (χ0v) is 19.0. The van der Waals surface area contributed by atoms with Crippen LogP contribution in [-0.4, -0.2) is 30.9 Å². The van der Waals surface area contributed by atoms with Gasteiger partial charge in [0.2, 0.25) is 5.91 Å². The summed E-state index contributed by atoms with van der Waals surface area (Å²) in [4.78, 5) is 28.4. The number of amides is 2. The van der Waals surface area contributed by atoms with Gasteiger partial charge in [0, 0.05) is 30.5 Å². The van der Waals surface area contributed by atoms with Crippen LogP contribution < -0.4 is 15.5 Å². The molecule has 0 spiro atoms. The van der Waals surface area contributed by atoms with E-state index in [-0.39, 0.29) is 23.8 Å². The van der Waals surface area contributed by atoms with Crippen LogP contribution in [0.2, 0.25) is 0 Å². The van der Waals surface area contributed by atoms with Crippen molar-refractivity contribution < 1.29 is 9.59 Å². The summed E-state index contributed by atoms with van der Waals surface area (Å²) in [6.45, 7) is 8.00. The summed E-state index contributed by atoms with van der Waals surface area (Å²) in [5.41, 5.74) is 3.25. The predicted octanol–water partition coefficient (Wildman–Crippen LogP) is 5.34. The largest absolute Gasteiger partial charge is 0.371 e. The quantitative estimate of drug-likeness (QED) is 0.605. The lowest BCUT2D eigenvalue weighted by Crippen LogP contribution is -2.35. The van der Waals surface area contributed by atoms with Crippen molar-refractivity contribution in [2.45, 2.75) is 64.8 Å². The first-order chi connectivity index (χ1) is 15.0. The number of piperidine rings is 1. The molecule has 2 aromatic carbocycles. The Morgan fingerprint density at radius 3 is 2.32 bits per heavy atom. The molecule has 2 atom stereocenters. The van der Waals surface area contributed by atoms with Gasteiger partial charge in [0.05, 0.1) is 11.5 Å². The third-order valence-electron chi connectivity index (χ3n) is 6.12. The lowest BCUT2D eigenvalue weighted by Gasteiger charge is -2.31. The van der Waals surface area contributed by atoms with E-state index in [1.54, 1.807) is 0 Å². The zero-order chi connectivity index (χ0) is 22.2. The standard InChI is InChI=1S/C26H35N3O2/c1-4-19(3)27-26(31)23-18-21(14-15-24(23)29-16-10-7-11-17-29)28-25(30)22(5-2)20-12-8-6-9-13-20/h6,8-9,12-15,18-19,22H,4-5,7,10-11,16-17H2,1-3H3,(H,27,31)(H,28,30)/t19-,22-/m0/s1. The second-order valence-electron chi connectivity index (χ2n) is 8.42. The fraction of sp³-hybridized carbons (Fsp3) is 0.462. The minimum atomic E-state index is -0.222. The number of nitrogens with zero attached hydrogens (tertiary/aromatic N) is 1. The molecule has 1 aliphatic rings. The summed E-state index contributed by atoms with van der Waals surface area (Å²) < 4.78 is 0. The van der Waals surface area contributed by atoms with E-state index in [2.05, 4.69) is 22.5 Å². The van der Waals surface area contributed by atoms with Crippen molar-refractivity contribution in [2.24, 2.45) is 0 Å². The first kappa shape index (κ1) is 22.9. The van der Waals surface area contributed by atoms with Crippen LogP contribution in [-0.2, 0) is 4.79 Å². The Kier molecular flexibility index (Phi) is 8.10. The number of rotatable bonds is 8. The lowest BCUT2D eigenvalue weighted by atomic mass is 9.95. The molecular formula is C26H35N3O2. The Balaban J connectivity index is 1.85. The highest BCUT2D eigenvalue weighted by Crippen LogP contribution is 2.29. The predicted molar refractivity (Wildman–Crippen MR) is 128 cm³/mol. The Bertz CT molecular complexity index is 875. The number of hydrogen-bond acceptors (Lipinski definition) is 3. The lowest BCUT2D eigenvalue weighted by molar-refractivity contribution is -0.117. The highest BCUT2D eigenvalue weighted by Gasteiger charge is 2.22. The summed E-state index contributed by atoms with van der Waals surface area (Å²) in [5, 5.41) is 6.13. The van der Waals surface area contributed by atoms with Gasteiger partial charge in [0.1, 0.15) is 0 Å². The molecule has 5 nitrogen and oxygen atoms in total. The van der Waals surface area contributed by atoms with Crippen LogP contribution in [0.15, 0.2) is 48.5 Å². The van der Waals surface area contributed by atoms with E-state index < -0.39 is 0 Å². The zero-order valence-electron chi connectivity index (χ0n) is 19.0. The van der Waals surface area contributed by atoms with Crippen molar-refractivity contribution in [3.8, 4) is 0 Å². The highest BCUT2D eigenvalue weighted by atomic mass is 16.2. The van der Waals surface area contributed by atoms with Gasteiger partial charge in [-0.25, -0.2) is 0 Å². The van der Waals surface area contributed by atoms with Crippen LogP contribution in [0.25, 0.3) is 0 Å². The van der Waals surface area contributed by atoms with Crippen molar-refractivity contribution in [3.63, 3.8) is 0 Å². The van der Waals surface area contributed by atoms with Gasteiger partial charge in [-0.1, -0.05) is 44.2 Å². The van der Waals surface area contributed by atoms with Gasteiger partial charge in [-0.2, -0.15) is 0 Å². The normalized spacial score (nSPS) is 15.8. The molecule has 31 heavy (non-hydrogen) atoms. The van der Waals surface area contributed by atoms with Crippen LogP contribution in [0.3, 0.4) is 0 Å². The molecule has 5 heteroatoms. The number of benzene rings is 2. The van der Waals surface area contributed by atoms with E-state index >= 15 is 0 Å². The number of hydrogen-bond donors (Lipinski definition) is 2. The molecule has 2 N–H and O–H groups in total. The Morgan fingerprint density at radius 2 is 1.68 bits per heavy atom. The maximum absolute atomic E-state index is 13.1. The third kappa shape index (κ3) is 5.87. The number of carbonyl (C=O) groups is 2. The molecule has 1 heterocycles. The number of anilines is 2. The molecule has 0 aliphatic carbocycles. The molecule has 3 rings (SSSR count). The molecule has 166 valence electrons. The van der Waals surface area contributed by atoms with E-state index in [1.165, 1.54) is 6.42 Å². The first-order valence-electron chi connectivity index (χ1n) is 11.6. The summed E-state index contributed by atoms with van der Waals surface area (Å²) >= 11 is 0. The van der Waals surface area contributed by atoms with Gasteiger partial charge in [0.25, 0.3) is 5.91 Å². The highest BCUT2D eigenvalue weighted by molar-refractivity contribution is 6.03. The molecule has 0 bridgehead atoms. The van der Waals surface area contributed by atoms with E-state index in [4.69, 9.17) is 0 Å². The van der Waals surface area contributed by atoms with E-state index in [1.807, 2.05) is 62.4 Å². The number of carbonyl (C=O) groups excluding carboxylic acids is 2. The molecule has 1 aliphatic heterocycles. The second kappa shape index (κ2) is 11.0. The fourth-order valence-corrected chi connectivity index (χ4v) is 4.10. The van der Waals surface area contributed by atoms with Crippen LogP contribution in [0, 0.1) is 0 Å². The Hall–Kier alpha value is -2.82. The van der Waals surface area contributed by atoms with Crippen molar-refractivity contribution in [3.05, 3.63) is 59.7 Å². The van der Waals surface area contributed by atoms with E-state index in [9.17, 15) is 9.59 Å².